The molecule has 0 bridgehead atoms. The Kier molecular flexibility index (Phi) is 6.77. The van der Waals surface area contributed by atoms with Gasteiger partial charge in [-0.05, 0) is 18.2 Å². The number of thioether (sulfide) groups is 1. The van der Waals surface area contributed by atoms with Gasteiger partial charge in [0.15, 0.2) is 5.16 Å². The van der Waals surface area contributed by atoms with E-state index in [0.717, 1.165) is 38.7 Å². The van der Waals surface area contributed by atoms with Gasteiger partial charge in [0.05, 0.1) is 36.2 Å². The van der Waals surface area contributed by atoms with Crippen LogP contribution < -0.4 is 5.32 Å². The van der Waals surface area contributed by atoms with Crippen LogP contribution in [0.25, 0.3) is 0 Å². The van der Waals surface area contributed by atoms with Gasteiger partial charge < -0.3 is 14.6 Å². The van der Waals surface area contributed by atoms with Gasteiger partial charge in [-0.15, -0.1) is 10.2 Å². The molecule has 0 saturated carbocycles. The molecule has 7 nitrogen and oxygen atoms in total. The lowest BCUT2D eigenvalue weighted by Gasteiger charge is -2.25. The standard InChI is InChI=1S/C16H19Cl2N5O2S/c1-22-14(9-23-4-6-25-7-5-23)20-21-16(22)26-10-15(24)19-13-3-2-11(17)8-12(13)18/h2-3,8H,4-7,9-10H2,1H3,(H,19,24). The van der Waals surface area contributed by atoms with E-state index < -0.39 is 0 Å². The zero-order chi connectivity index (χ0) is 18.5. The topological polar surface area (TPSA) is 72.3 Å². The Bertz CT molecular complexity index is 780. The minimum Gasteiger partial charge on any atom is -0.379 e. The Morgan fingerprint density at radius 2 is 2.08 bits per heavy atom. The summed E-state index contributed by atoms with van der Waals surface area (Å²) in [5, 5.41) is 12.8. The van der Waals surface area contributed by atoms with Crippen LogP contribution in [0.1, 0.15) is 5.82 Å². The molecule has 1 aliphatic rings. The first-order valence-electron chi connectivity index (χ1n) is 8.09. The second kappa shape index (κ2) is 9.05. The van der Waals surface area contributed by atoms with Crippen LogP contribution in [0.15, 0.2) is 23.4 Å². The third-order valence-corrected chi connectivity index (χ3v) is 5.50. The van der Waals surface area contributed by atoms with Crippen molar-refractivity contribution in [3.63, 3.8) is 0 Å². The average Bonchev–Trinajstić information content (AvgIpc) is 2.96. The van der Waals surface area contributed by atoms with Crippen molar-refractivity contribution in [2.45, 2.75) is 11.7 Å². The van der Waals surface area contributed by atoms with Gasteiger partial charge in [0.25, 0.3) is 0 Å². The van der Waals surface area contributed by atoms with Crippen LogP contribution in [0.3, 0.4) is 0 Å². The van der Waals surface area contributed by atoms with E-state index in [2.05, 4.69) is 20.4 Å². The molecule has 1 aromatic carbocycles. The summed E-state index contributed by atoms with van der Waals surface area (Å²) in [6, 6.07) is 4.94. The first-order valence-corrected chi connectivity index (χ1v) is 9.83. The quantitative estimate of drug-likeness (QED) is 0.731. The smallest absolute Gasteiger partial charge is 0.234 e. The number of halogens is 2. The SMILES string of the molecule is Cn1c(CN2CCOCC2)nnc1SCC(=O)Nc1ccc(Cl)cc1Cl. The Morgan fingerprint density at radius 1 is 1.31 bits per heavy atom. The second-order valence-corrected chi connectivity index (χ2v) is 7.59. The van der Waals surface area contributed by atoms with Gasteiger partial charge in [-0.3, -0.25) is 9.69 Å². The van der Waals surface area contributed by atoms with Crippen LogP contribution in [-0.2, 0) is 23.1 Å². The molecule has 0 aliphatic carbocycles. The highest BCUT2D eigenvalue weighted by molar-refractivity contribution is 7.99. The van der Waals surface area contributed by atoms with E-state index >= 15 is 0 Å². The van der Waals surface area contributed by atoms with Crippen molar-refractivity contribution in [2.24, 2.45) is 7.05 Å². The molecule has 10 heteroatoms. The van der Waals surface area contributed by atoms with Gasteiger partial charge in [-0.25, -0.2) is 0 Å². The number of hydrogen-bond acceptors (Lipinski definition) is 6. The highest BCUT2D eigenvalue weighted by atomic mass is 35.5. The van der Waals surface area contributed by atoms with E-state index in [-0.39, 0.29) is 11.7 Å². The van der Waals surface area contributed by atoms with Crippen molar-refractivity contribution in [3.8, 4) is 0 Å². The Hall–Kier alpha value is -1.32. The van der Waals surface area contributed by atoms with Gasteiger partial charge in [0.2, 0.25) is 5.91 Å². The number of rotatable bonds is 6. The monoisotopic (exact) mass is 415 g/mol. The number of carbonyl (C=O) groups is 1. The molecule has 140 valence electrons. The summed E-state index contributed by atoms with van der Waals surface area (Å²) < 4.78 is 7.27. The number of aromatic nitrogens is 3. The number of morpholine rings is 1. The lowest BCUT2D eigenvalue weighted by molar-refractivity contribution is -0.113. The van der Waals surface area contributed by atoms with Crippen molar-refractivity contribution in [2.75, 3.05) is 37.4 Å². The van der Waals surface area contributed by atoms with Crippen molar-refractivity contribution in [3.05, 3.63) is 34.1 Å². The molecule has 1 amide bonds. The lowest BCUT2D eigenvalue weighted by atomic mass is 10.3. The van der Waals surface area contributed by atoms with Gasteiger partial charge in [-0.2, -0.15) is 0 Å². The number of carbonyl (C=O) groups excluding carboxylic acids is 1. The third-order valence-electron chi connectivity index (χ3n) is 3.93. The van der Waals surface area contributed by atoms with Crippen LogP contribution in [0.5, 0.6) is 0 Å². The minimum atomic E-state index is -0.169. The number of hydrogen-bond donors (Lipinski definition) is 1. The fourth-order valence-corrected chi connectivity index (χ4v) is 3.66. The maximum atomic E-state index is 12.2. The van der Waals surface area contributed by atoms with Crippen molar-refractivity contribution < 1.29 is 9.53 Å². The van der Waals surface area contributed by atoms with Crippen LogP contribution in [0, 0.1) is 0 Å². The average molecular weight is 416 g/mol. The minimum absolute atomic E-state index is 0.169. The summed E-state index contributed by atoms with van der Waals surface area (Å²) >= 11 is 13.3. The largest absolute Gasteiger partial charge is 0.379 e. The molecule has 0 spiro atoms. The van der Waals surface area contributed by atoms with Crippen LogP contribution in [-0.4, -0.2) is 57.6 Å². The fraction of sp³-hybridized carbons (Fsp3) is 0.438. The number of nitrogens with zero attached hydrogens (tertiary/aromatic N) is 4. The second-order valence-electron chi connectivity index (χ2n) is 5.81. The van der Waals surface area contributed by atoms with Gasteiger partial charge >= 0.3 is 0 Å². The first kappa shape index (κ1) is 19.4. The normalized spacial score (nSPS) is 15.2. The highest BCUT2D eigenvalue weighted by Crippen LogP contribution is 2.26. The molecule has 1 fully saturated rings. The van der Waals surface area contributed by atoms with E-state index in [1.165, 1.54) is 11.8 Å². The fourth-order valence-electron chi connectivity index (χ4n) is 2.47. The summed E-state index contributed by atoms with van der Waals surface area (Å²) in [5.41, 5.74) is 0.535. The highest BCUT2D eigenvalue weighted by Gasteiger charge is 2.16. The number of anilines is 1. The molecular formula is C16H19Cl2N5O2S. The number of ether oxygens (including phenoxy) is 1. The summed E-state index contributed by atoms with van der Waals surface area (Å²) in [7, 11) is 1.91. The zero-order valence-corrected chi connectivity index (χ0v) is 16.6. The molecule has 26 heavy (non-hydrogen) atoms. The summed E-state index contributed by atoms with van der Waals surface area (Å²) in [6.45, 7) is 3.99. The predicted molar refractivity (Wildman–Crippen MR) is 103 cm³/mol. The van der Waals surface area contributed by atoms with Crippen molar-refractivity contribution in [1.29, 1.82) is 0 Å². The van der Waals surface area contributed by atoms with Gasteiger partial charge in [0.1, 0.15) is 5.82 Å². The Balaban J connectivity index is 1.53. The molecule has 0 unspecified atom stereocenters. The summed E-state index contributed by atoms with van der Waals surface area (Å²) in [4.78, 5) is 14.4. The predicted octanol–water partition coefficient (Wildman–Crippen LogP) is 2.68. The van der Waals surface area contributed by atoms with Crippen molar-refractivity contribution >= 4 is 46.6 Å². The van der Waals surface area contributed by atoms with Crippen LogP contribution in [0.4, 0.5) is 5.69 Å². The van der Waals surface area contributed by atoms with Crippen LogP contribution in [0.2, 0.25) is 10.0 Å². The maximum Gasteiger partial charge on any atom is 0.234 e. The van der Waals surface area contributed by atoms with E-state index in [9.17, 15) is 4.79 Å². The number of nitrogens with one attached hydrogen (secondary N) is 1. The summed E-state index contributed by atoms with van der Waals surface area (Å²) in [6.07, 6.45) is 0. The van der Waals surface area contributed by atoms with E-state index in [1.54, 1.807) is 18.2 Å². The molecule has 1 aromatic heterocycles. The molecule has 1 saturated heterocycles. The maximum absolute atomic E-state index is 12.2. The molecule has 1 aliphatic heterocycles. The van der Waals surface area contributed by atoms with Crippen molar-refractivity contribution in [1.82, 2.24) is 19.7 Å². The molecule has 2 aromatic rings. The van der Waals surface area contributed by atoms with E-state index in [0.29, 0.717) is 20.9 Å². The van der Waals surface area contributed by atoms with Crippen LogP contribution >= 0.6 is 35.0 Å². The molecular weight excluding hydrogens is 397 g/mol. The van der Waals surface area contributed by atoms with Gasteiger partial charge in [-0.1, -0.05) is 35.0 Å². The number of amides is 1. The molecule has 0 atom stereocenters. The zero-order valence-electron chi connectivity index (χ0n) is 14.2. The van der Waals surface area contributed by atoms with Gasteiger partial charge in [0, 0.05) is 25.2 Å². The van der Waals surface area contributed by atoms with E-state index in [4.69, 9.17) is 27.9 Å². The van der Waals surface area contributed by atoms with E-state index in [1.807, 2.05) is 11.6 Å². The Labute approximate surface area is 166 Å². The number of benzene rings is 1. The molecule has 2 heterocycles. The summed E-state index contributed by atoms with van der Waals surface area (Å²) in [5.74, 6) is 0.912. The lowest BCUT2D eigenvalue weighted by Crippen LogP contribution is -2.36. The third kappa shape index (κ3) is 5.11. The molecule has 0 radical (unpaired) electrons. The Morgan fingerprint density at radius 3 is 2.81 bits per heavy atom. The first-order chi connectivity index (χ1) is 12.5. The molecule has 3 rings (SSSR count). The molecule has 1 N–H and O–H groups in total.